The van der Waals surface area contributed by atoms with E-state index in [9.17, 15) is 10.1 Å². The number of hydrogen-bond donors (Lipinski definition) is 3. The summed E-state index contributed by atoms with van der Waals surface area (Å²) >= 11 is 0. The summed E-state index contributed by atoms with van der Waals surface area (Å²) < 4.78 is 0. The molecule has 0 saturated carbocycles. The number of anilines is 1. The minimum atomic E-state index is -0.491. The standard InChI is InChI=1S/C6H7N3O2.C2H6O.ClH/c7-8-5-3-1-2-4-6(5)9(10)11;1-2-3;/h1-4,8H,7H2;3H,2H2,1H3;1H. The molecule has 0 aliphatic rings. The summed E-state index contributed by atoms with van der Waals surface area (Å²) in [6.45, 7) is 1.93. The summed E-state index contributed by atoms with van der Waals surface area (Å²) in [6.07, 6.45) is 0. The molecule has 0 spiro atoms. The van der Waals surface area contributed by atoms with Crippen LogP contribution in [0.5, 0.6) is 0 Å². The van der Waals surface area contributed by atoms with E-state index < -0.39 is 4.92 Å². The van der Waals surface area contributed by atoms with Crippen molar-refractivity contribution in [3.8, 4) is 0 Å². The molecule has 0 fully saturated rings. The summed E-state index contributed by atoms with van der Waals surface area (Å²) in [6, 6.07) is 6.18. The number of nitro benzene ring substituents is 1. The monoisotopic (exact) mass is 235 g/mol. The second kappa shape index (κ2) is 9.20. The quantitative estimate of drug-likeness (QED) is 0.407. The number of nitrogens with two attached hydrogens (primary N) is 1. The maximum absolute atomic E-state index is 10.3. The molecule has 1 aromatic rings. The maximum Gasteiger partial charge on any atom is 0.293 e. The van der Waals surface area contributed by atoms with Gasteiger partial charge in [-0.15, -0.1) is 12.4 Å². The molecule has 0 aromatic heterocycles. The van der Waals surface area contributed by atoms with Gasteiger partial charge in [-0.1, -0.05) is 12.1 Å². The number of aliphatic hydroxyl groups is 1. The minimum absolute atomic E-state index is 0. The predicted molar refractivity (Wildman–Crippen MR) is 60.9 cm³/mol. The molecule has 0 atom stereocenters. The Labute approximate surface area is 93.6 Å². The van der Waals surface area contributed by atoms with Gasteiger partial charge in [0.05, 0.1) is 4.92 Å². The van der Waals surface area contributed by atoms with Gasteiger partial charge < -0.3 is 10.5 Å². The van der Waals surface area contributed by atoms with E-state index >= 15 is 0 Å². The van der Waals surface area contributed by atoms with Crippen molar-refractivity contribution in [2.75, 3.05) is 12.0 Å². The number of nitrogens with zero attached hydrogens (tertiary/aromatic N) is 1. The van der Waals surface area contributed by atoms with Crippen molar-refractivity contribution in [2.24, 2.45) is 5.84 Å². The fourth-order valence-electron chi connectivity index (χ4n) is 0.755. The zero-order valence-corrected chi connectivity index (χ0v) is 9.03. The molecular weight excluding hydrogens is 222 g/mol. The van der Waals surface area contributed by atoms with Crippen LogP contribution in [0.15, 0.2) is 24.3 Å². The second-order valence-corrected chi connectivity index (χ2v) is 2.23. The van der Waals surface area contributed by atoms with Crippen molar-refractivity contribution in [2.45, 2.75) is 6.92 Å². The second-order valence-electron chi connectivity index (χ2n) is 2.23. The van der Waals surface area contributed by atoms with Crippen LogP contribution in [0.4, 0.5) is 11.4 Å². The number of benzene rings is 1. The number of nitro groups is 1. The number of hydrazine groups is 1. The van der Waals surface area contributed by atoms with Crippen molar-refractivity contribution in [3.63, 3.8) is 0 Å². The Morgan fingerprint density at radius 2 is 2.00 bits per heavy atom. The van der Waals surface area contributed by atoms with Gasteiger partial charge in [0.25, 0.3) is 5.69 Å². The van der Waals surface area contributed by atoms with Gasteiger partial charge in [0.1, 0.15) is 5.69 Å². The average Bonchev–Trinajstić information content (AvgIpc) is 2.19. The molecule has 1 aromatic carbocycles. The maximum atomic E-state index is 10.3. The Balaban J connectivity index is 0. The Morgan fingerprint density at radius 3 is 2.33 bits per heavy atom. The largest absolute Gasteiger partial charge is 0.397 e. The first-order valence-electron chi connectivity index (χ1n) is 3.98. The van der Waals surface area contributed by atoms with Gasteiger partial charge in [-0.2, -0.15) is 0 Å². The van der Waals surface area contributed by atoms with E-state index in [1.807, 2.05) is 0 Å². The van der Waals surface area contributed by atoms with Crippen molar-refractivity contribution >= 4 is 23.8 Å². The van der Waals surface area contributed by atoms with Gasteiger partial charge in [0.2, 0.25) is 0 Å². The van der Waals surface area contributed by atoms with E-state index in [-0.39, 0.29) is 24.7 Å². The molecule has 0 unspecified atom stereocenters. The molecule has 0 bridgehead atoms. The molecule has 4 N–H and O–H groups in total. The van der Waals surface area contributed by atoms with E-state index in [1.165, 1.54) is 12.1 Å². The zero-order valence-electron chi connectivity index (χ0n) is 8.21. The van der Waals surface area contributed by atoms with Crippen LogP contribution in [0.3, 0.4) is 0 Å². The molecule has 1 rings (SSSR count). The summed E-state index contributed by atoms with van der Waals surface area (Å²) in [5, 5.41) is 17.9. The van der Waals surface area contributed by atoms with Crippen molar-refractivity contribution < 1.29 is 10.0 Å². The highest BCUT2D eigenvalue weighted by molar-refractivity contribution is 5.85. The molecule has 7 heteroatoms. The zero-order chi connectivity index (χ0) is 11.0. The van der Waals surface area contributed by atoms with Crippen LogP contribution in [-0.2, 0) is 0 Å². The van der Waals surface area contributed by atoms with E-state index in [0.717, 1.165) is 0 Å². The van der Waals surface area contributed by atoms with Gasteiger partial charge in [0.15, 0.2) is 0 Å². The third kappa shape index (κ3) is 5.84. The van der Waals surface area contributed by atoms with Crippen LogP contribution >= 0.6 is 12.4 Å². The van der Waals surface area contributed by atoms with E-state index in [2.05, 4.69) is 5.43 Å². The molecule has 0 heterocycles. The third-order valence-electron chi connectivity index (χ3n) is 1.26. The van der Waals surface area contributed by atoms with Crippen LogP contribution in [0.2, 0.25) is 0 Å². The summed E-state index contributed by atoms with van der Waals surface area (Å²) in [5.74, 6) is 5.03. The number of hydrogen-bond acceptors (Lipinski definition) is 5. The lowest BCUT2D eigenvalue weighted by Crippen LogP contribution is -2.08. The third-order valence-corrected chi connectivity index (χ3v) is 1.26. The van der Waals surface area contributed by atoms with Gasteiger partial charge >= 0.3 is 0 Å². The number of aliphatic hydroxyl groups excluding tert-OH is 1. The summed E-state index contributed by atoms with van der Waals surface area (Å²) in [7, 11) is 0. The lowest BCUT2D eigenvalue weighted by molar-refractivity contribution is -0.384. The van der Waals surface area contributed by atoms with E-state index in [4.69, 9.17) is 10.9 Å². The van der Waals surface area contributed by atoms with Crippen LogP contribution in [0.25, 0.3) is 0 Å². The number of rotatable bonds is 2. The first-order chi connectivity index (χ1) is 6.67. The summed E-state index contributed by atoms with van der Waals surface area (Å²) in [4.78, 5) is 9.80. The van der Waals surface area contributed by atoms with Crippen molar-refractivity contribution in [1.82, 2.24) is 0 Å². The van der Waals surface area contributed by atoms with Crippen molar-refractivity contribution in [3.05, 3.63) is 34.4 Å². The van der Waals surface area contributed by atoms with Gasteiger partial charge in [-0.3, -0.25) is 16.0 Å². The van der Waals surface area contributed by atoms with E-state index in [1.54, 1.807) is 19.1 Å². The molecule has 86 valence electrons. The Morgan fingerprint density at radius 1 is 1.53 bits per heavy atom. The molecule has 15 heavy (non-hydrogen) atoms. The first-order valence-corrected chi connectivity index (χ1v) is 3.98. The molecule has 6 nitrogen and oxygen atoms in total. The SMILES string of the molecule is CCO.Cl.NNc1ccccc1[N+](=O)[O-]. The van der Waals surface area contributed by atoms with Crippen LogP contribution in [0, 0.1) is 10.1 Å². The lowest BCUT2D eigenvalue weighted by atomic mass is 10.3. The topological polar surface area (TPSA) is 101 Å². The van der Waals surface area contributed by atoms with Gasteiger partial charge in [-0.05, 0) is 13.0 Å². The smallest absolute Gasteiger partial charge is 0.293 e. The fourth-order valence-corrected chi connectivity index (χ4v) is 0.755. The average molecular weight is 236 g/mol. The number of halogens is 1. The molecule has 0 aliphatic carbocycles. The summed E-state index contributed by atoms with van der Waals surface area (Å²) in [5.41, 5.74) is 2.53. The minimum Gasteiger partial charge on any atom is -0.397 e. The molecule has 0 aliphatic heterocycles. The highest BCUT2D eigenvalue weighted by Gasteiger charge is 2.09. The molecular formula is C8H14ClN3O3. The fraction of sp³-hybridized carbons (Fsp3) is 0.250. The van der Waals surface area contributed by atoms with Crippen LogP contribution in [-0.4, -0.2) is 16.6 Å². The highest BCUT2D eigenvalue weighted by Crippen LogP contribution is 2.21. The molecule has 0 amide bonds. The van der Waals surface area contributed by atoms with Crippen LogP contribution in [0.1, 0.15) is 6.92 Å². The first kappa shape index (κ1) is 16.1. The van der Waals surface area contributed by atoms with Crippen molar-refractivity contribution in [1.29, 1.82) is 0 Å². The molecule has 0 saturated heterocycles. The number of para-hydroxylation sites is 2. The van der Waals surface area contributed by atoms with Gasteiger partial charge in [0, 0.05) is 12.7 Å². The van der Waals surface area contributed by atoms with Crippen LogP contribution < -0.4 is 11.3 Å². The highest BCUT2D eigenvalue weighted by atomic mass is 35.5. The predicted octanol–water partition coefficient (Wildman–Crippen LogP) is 1.30. The number of nitrogens with one attached hydrogen (secondary N) is 1. The lowest BCUT2D eigenvalue weighted by Gasteiger charge is -1.98. The Bertz CT molecular complexity index is 296. The molecule has 0 radical (unpaired) electrons. The van der Waals surface area contributed by atoms with Gasteiger partial charge in [-0.25, -0.2) is 0 Å². The normalized spacial score (nSPS) is 7.93. The Kier molecular flexibility index (Phi) is 9.85. The Hall–Kier alpha value is -1.37. The van der Waals surface area contributed by atoms with E-state index in [0.29, 0.717) is 5.69 Å². The number of nitrogen functional groups attached to an aromatic ring is 1.